The van der Waals surface area contributed by atoms with E-state index in [1.54, 1.807) is 30.3 Å². The molecule has 0 aliphatic heterocycles. The van der Waals surface area contributed by atoms with E-state index >= 15 is 0 Å². The zero-order valence-electron chi connectivity index (χ0n) is 6.87. The van der Waals surface area contributed by atoms with Crippen molar-refractivity contribution in [2.24, 2.45) is 5.73 Å². The Balaban J connectivity index is 2.86. The van der Waals surface area contributed by atoms with Gasteiger partial charge in [0.05, 0.1) is 0 Å². The summed E-state index contributed by atoms with van der Waals surface area (Å²) >= 11 is 0. The van der Waals surface area contributed by atoms with Crippen LogP contribution < -0.4 is 5.73 Å². The summed E-state index contributed by atoms with van der Waals surface area (Å²) in [7, 11) is 0. The molecule has 0 aromatic heterocycles. The molecule has 0 spiro atoms. The van der Waals surface area contributed by atoms with Crippen molar-refractivity contribution < 1.29 is 9.50 Å². The summed E-state index contributed by atoms with van der Waals surface area (Å²) in [6, 6.07) is 8.36. The Bertz CT molecular complexity index is 242. The van der Waals surface area contributed by atoms with E-state index in [0.29, 0.717) is 5.56 Å². The Hall–Kier alpha value is -0.930. The quantitative estimate of drug-likeness (QED) is 0.657. The number of rotatable bonds is 2. The molecule has 0 fully saturated rings. The van der Waals surface area contributed by atoms with Gasteiger partial charge in [-0.3, -0.25) is 0 Å². The van der Waals surface area contributed by atoms with Crippen molar-refractivity contribution in [1.82, 2.24) is 0 Å². The fraction of sp³-hybridized carbons (Fsp3) is 0.333. The standard InChI is InChI=1S/C9H12FNO/c1-9(11,12)8(10)7-5-3-2-4-6-7/h2-6,8,12H,11H2,1H3. The van der Waals surface area contributed by atoms with Gasteiger partial charge in [0.15, 0.2) is 6.17 Å². The van der Waals surface area contributed by atoms with Crippen LogP contribution in [0.5, 0.6) is 0 Å². The minimum Gasteiger partial charge on any atom is -0.373 e. The number of alkyl halides is 1. The van der Waals surface area contributed by atoms with Gasteiger partial charge in [-0.05, 0) is 12.5 Å². The summed E-state index contributed by atoms with van der Waals surface area (Å²) in [6.45, 7) is 1.24. The Kier molecular flexibility index (Phi) is 2.45. The second-order valence-corrected chi connectivity index (χ2v) is 3.00. The zero-order valence-corrected chi connectivity index (χ0v) is 6.87. The first-order valence-electron chi connectivity index (χ1n) is 3.72. The van der Waals surface area contributed by atoms with Gasteiger partial charge >= 0.3 is 0 Å². The highest BCUT2D eigenvalue weighted by atomic mass is 19.1. The average Bonchev–Trinajstić information content (AvgIpc) is 2.03. The predicted molar refractivity (Wildman–Crippen MR) is 45.1 cm³/mol. The maximum atomic E-state index is 13.3. The Morgan fingerprint density at radius 1 is 1.42 bits per heavy atom. The van der Waals surface area contributed by atoms with Crippen molar-refractivity contribution in [3.8, 4) is 0 Å². The molecule has 3 heteroatoms. The van der Waals surface area contributed by atoms with Gasteiger partial charge in [-0.1, -0.05) is 30.3 Å². The van der Waals surface area contributed by atoms with Crippen molar-refractivity contribution in [2.75, 3.05) is 0 Å². The lowest BCUT2D eigenvalue weighted by molar-refractivity contribution is -0.0153. The summed E-state index contributed by atoms with van der Waals surface area (Å²) in [5.41, 5.74) is 3.78. The van der Waals surface area contributed by atoms with Gasteiger partial charge in [0.2, 0.25) is 0 Å². The molecule has 0 saturated heterocycles. The predicted octanol–water partition coefficient (Wildman–Crippen LogP) is 1.36. The molecule has 1 aromatic carbocycles. The molecule has 3 N–H and O–H groups in total. The monoisotopic (exact) mass is 169 g/mol. The van der Waals surface area contributed by atoms with Crippen LogP contribution in [0.2, 0.25) is 0 Å². The van der Waals surface area contributed by atoms with Crippen molar-refractivity contribution in [3.05, 3.63) is 35.9 Å². The largest absolute Gasteiger partial charge is 0.373 e. The maximum Gasteiger partial charge on any atom is 0.167 e. The van der Waals surface area contributed by atoms with Crippen LogP contribution in [-0.4, -0.2) is 10.8 Å². The van der Waals surface area contributed by atoms with Crippen LogP contribution in [0.3, 0.4) is 0 Å². The van der Waals surface area contributed by atoms with E-state index in [4.69, 9.17) is 10.8 Å². The molecule has 2 nitrogen and oxygen atoms in total. The Morgan fingerprint density at radius 2 is 1.92 bits per heavy atom. The van der Waals surface area contributed by atoms with Crippen LogP contribution >= 0.6 is 0 Å². The molecular formula is C9H12FNO. The number of halogens is 1. The fourth-order valence-electron chi connectivity index (χ4n) is 0.959. The number of hydrogen-bond donors (Lipinski definition) is 2. The van der Waals surface area contributed by atoms with E-state index in [1.165, 1.54) is 6.92 Å². The average molecular weight is 169 g/mol. The maximum absolute atomic E-state index is 13.3. The first-order chi connectivity index (χ1) is 5.52. The number of nitrogens with two attached hydrogens (primary N) is 1. The van der Waals surface area contributed by atoms with Crippen LogP contribution in [0.4, 0.5) is 4.39 Å². The molecule has 0 heterocycles. The van der Waals surface area contributed by atoms with Crippen LogP contribution in [0.25, 0.3) is 0 Å². The highest BCUT2D eigenvalue weighted by molar-refractivity contribution is 5.19. The minimum absolute atomic E-state index is 0.394. The Labute approximate surface area is 70.8 Å². The molecule has 1 aromatic rings. The molecule has 66 valence electrons. The van der Waals surface area contributed by atoms with E-state index in [-0.39, 0.29) is 0 Å². The lowest BCUT2D eigenvalue weighted by Crippen LogP contribution is -2.40. The van der Waals surface area contributed by atoms with Crippen LogP contribution in [0, 0.1) is 0 Å². The van der Waals surface area contributed by atoms with E-state index in [9.17, 15) is 4.39 Å². The molecule has 2 unspecified atom stereocenters. The van der Waals surface area contributed by atoms with Crippen LogP contribution in [-0.2, 0) is 0 Å². The molecule has 12 heavy (non-hydrogen) atoms. The van der Waals surface area contributed by atoms with Crippen LogP contribution in [0.1, 0.15) is 18.7 Å². The third kappa shape index (κ3) is 2.03. The van der Waals surface area contributed by atoms with E-state index in [0.717, 1.165) is 0 Å². The number of aliphatic hydroxyl groups is 1. The normalized spacial score (nSPS) is 18.3. The van der Waals surface area contributed by atoms with E-state index in [2.05, 4.69) is 0 Å². The van der Waals surface area contributed by atoms with Gasteiger partial charge < -0.3 is 10.8 Å². The van der Waals surface area contributed by atoms with Gasteiger partial charge in [-0.2, -0.15) is 0 Å². The lowest BCUT2D eigenvalue weighted by Gasteiger charge is -2.22. The van der Waals surface area contributed by atoms with Crippen LogP contribution in [0.15, 0.2) is 30.3 Å². The second-order valence-electron chi connectivity index (χ2n) is 3.00. The van der Waals surface area contributed by atoms with Gasteiger partial charge in [-0.15, -0.1) is 0 Å². The molecule has 0 radical (unpaired) electrons. The molecule has 2 atom stereocenters. The van der Waals surface area contributed by atoms with E-state index in [1.807, 2.05) is 0 Å². The summed E-state index contributed by atoms with van der Waals surface area (Å²) < 4.78 is 13.3. The zero-order chi connectivity index (χ0) is 9.19. The first kappa shape index (κ1) is 9.16. The number of benzene rings is 1. The molecule has 1 rings (SSSR count). The minimum atomic E-state index is -1.80. The molecule has 0 amide bonds. The highest BCUT2D eigenvalue weighted by Gasteiger charge is 2.28. The van der Waals surface area contributed by atoms with Crippen molar-refractivity contribution in [3.63, 3.8) is 0 Å². The SMILES string of the molecule is CC(N)(O)C(F)c1ccccc1. The fourth-order valence-corrected chi connectivity index (χ4v) is 0.959. The van der Waals surface area contributed by atoms with Crippen molar-refractivity contribution in [1.29, 1.82) is 0 Å². The van der Waals surface area contributed by atoms with Gasteiger partial charge in [0, 0.05) is 0 Å². The van der Waals surface area contributed by atoms with Gasteiger partial charge in [0.25, 0.3) is 0 Å². The third-order valence-electron chi connectivity index (χ3n) is 1.61. The Morgan fingerprint density at radius 3 is 2.33 bits per heavy atom. The second kappa shape index (κ2) is 3.21. The first-order valence-corrected chi connectivity index (χ1v) is 3.72. The topological polar surface area (TPSA) is 46.2 Å². The molecule has 0 saturated carbocycles. The summed E-state index contributed by atoms with van der Waals surface area (Å²) in [4.78, 5) is 0. The molecule has 0 aliphatic rings. The molecule has 0 bridgehead atoms. The van der Waals surface area contributed by atoms with E-state index < -0.39 is 11.9 Å². The van der Waals surface area contributed by atoms with Gasteiger partial charge in [0.1, 0.15) is 5.72 Å². The molecular weight excluding hydrogens is 157 g/mol. The van der Waals surface area contributed by atoms with Crippen molar-refractivity contribution in [2.45, 2.75) is 18.8 Å². The smallest absolute Gasteiger partial charge is 0.167 e. The summed E-state index contributed by atoms with van der Waals surface area (Å²) in [6.07, 6.45) is -1.54. The summed E-state index contributed by atoms with van der Waals surface area (Å²) in [5, 5.41) is 9.14. The van der Waals surface area contributed by atoms with Gasteiger partial charge in [-0.25, -0.2) is 4.39 Å². The lowest BCUT2D eigenvalue weighted by atomic mass is 10.0. The third-order valence-corrected chi connectivity index (χ3v) is 1.61. The highest BCUT2D eigenvalue weighted by Crippen LogP contribution is 2.25. The summed E-state index contributed by atoms with van der Waals surface area (Å²) in [5.74, 6) is 0. The van der Waals surface area contributed by atoms with Crippen molar-refractivity contribution >= 4 is 0 Å². The number of hydrogen-bond acceptors (Lipinski definition) is 2. The molecule has 0 aliphatic carbocycles.